The Kier molecular flexibility index (Phi) is 10.9. The van der Waals surface area contributed by atoms with Crippen molar-refractivity contribution in [2.45, 2.75) is 87.3 Å². The lowest BCUT2D eigenvalue weighted by Gasteiger charge is -2.45. The van der Waals surface area contributed by atoms with E-state index in [0.29, 0.717) is 30.6 Å². The van der Waals surface area contributed by atoms with E-state index in [1.807, 2.05) is 6.92 Å². The van der Waals surface area contributed by atoms with Gasteiger partial charge in [0.1, 0.15) is 17.0 Å². The molecule has 0 aliphatic heterocycles. The summed E-state index contributed by atoms with van der Waals surface area (Å²) >= 11 is 0. The number of carbonyl (C=O) groups is 1. The van der Waals surface area contributed by atoms with Crippen molar-refractivity contribution in [1.29, 1.82) is 5.26 Å². The number of hydrogen-bond donors (Lipinski definition) is 3. The molecule has 10 heteroatoms. The highest BCUT2D eigenvalue weighted by atomic mass is 32.2. The highest BCUT2D eigenvalue weighted by Gasteiger charge is 2.58. The number of ether oxygens (including phenoxy) is 2. The Morgan fingerprint density at radius 1 is 1.10 bits per heavy atom. The largest absolute Gasteiger partial charge is 0.497 e. The van der Waals surface area contributed by atoms with Gasteiger partial charge in [0.05, 0.1) is 18.1 Å². The zero-order valence-electron chi connectivity index (χ0n) is 23.4. The lowest BCUT2D eigenvalue weighted by molar-refractivity contribution is -0.00612. The molecule has 0 aliphatic carbocycles. The van der Waals surface area contributed by atoms with Gasteiger partial charge in [-0.2, -0.15) is 5.26 Å². The number of methoxy groups -OCH3 is 1. The van der Waals surface area contributed by atoms with Crippen LogP contribution in [0, 0.1) is 17.2 Å². The van der Waals surface area contributed by atoms with E-state index < -0.39 is 32.1 Å². The molecular formula is C29H41N3O6S. The SMILES string of the molecule is CCC(CCC#N)CC[C@](O)([C@](N)(Cc1ccccc1)NC(=O)OC(C)(C)C)S(=O)(=O)c1ccc(OC)cc1. The van der Waals surface area contributed by atoms with Crippen molar-refractivity contribution < 1.29 is 27.8 Å². The van der Waals surface area contributed by atoms with Crippen molar-refractivity contribution in [2.24, 2.45) is 11.7 Å². The number of nitriles is 1. The number of hydrogen-bond acceptors (Lipinski definition) is 8. The van der Waals surface area contributed by atoms with E-state index in [4.69, 9.17) is 20.5 Å². The van der Waals surface area contributed by atoms with E-state index >= 15 is 0 Å². The van der Waals surface area contributed by atoms with Gasteiger partial charge in [-0.15, -0.1) is 0 Å². The maximum Gasteiger partial charge on any atom is 0.409 e. The van der Waals surface area contributed by atoms with Gasteiger partial charge in [-0.3, -0.25) is 5.32 Å². The Balaban J connectivity index is 2.69. The highest BCUT2D eigenvalue weighted by molar-refractivity contribution is 7.92. The minimum atomic E-state index is -4.58. The van der Waals surface area contributed by atoms with Crippen LogP contribution in [0.15, 0.2) is 59.5 Å². The van der Waals surface area contributed by atoms with Crippen LogP contribution in [0.25, 0.3) is 0 Å². The van der Waals surface area contributed by atoms with Gasteiger partial charge in [-0.25, -0.2) is 13.2 Å². The first-order chi connectivity index (χ1) is 18.2. The summed E-state index contributed by atoms with van der Waals surface area (Å²) in [4.78, 5) is 10.2. The monoisotopic (exact) mass is 559 g/mol. The highest BCUT2D eigenvalue weighted by Crippen LogP contribution is 2.39. The first kappa shape index (κ1) is 32.1. The zero-order chi connectivity index (χ0) is 29.3. The standard InChI is InChI=1S/C29H41N3O6S/c1-6-22(13-10-20-30)18-19-29(34,39(35,36)25-16-14-24(37-5)15-17-25)28(31,21-23-11-8-7-9-12-23)32-26(33)38-27(2,3)4/h7-9,11-12,14-17,22,34H,6,10,13,18-19,21,31H2,1-5H3,(H,32,33)/t22?,28-,29+/m0/s1. The molecule has 0 saturated carbocycles. The normalized spacial score (nSPS) is 15.7. The van der Waals surface area contributed by atoms with Crippen molar-refractivity contribution in [1.82, 2.24) is 5.32 Å². The minimum absolute atomic E-state index is 0.0373. The molecule has 3 atom stereocenters. The number of sulfone groups is 1. The first-order valence-electron chi connectivity index (χ1n) is 13.0. The third kappa shape index (κ3) is 8.18. The lowest BCUT2D eigenvalue weighted by atomic mass is 9.87. The van der Waals surface area contributed by atoms with E-state index in [9.17, 15) is 18.3 Å². The molecule has 0 aromatic heterocycles. The Bertz CT molecular complexity index is 1220. The molecule has 4 N–H and O–H groups in total. The van der Waals surface area contributed by atoms with E-state index in [2.05, 4.69) is 11.4 Å². The van der Waals surface area contributed by atoms with Crippen LogP contribution >= 0.6 is 0 Å². The minimum Gasteiger partial charge on any atom is -0.497 e. The van der Waals surface area contributed by atoms with E-state index in [1.54, 1.807) is 51.1 Å². The molecule has 0 aliphatic rings. The average Bonchev–Trinajstić information content (AvgIpc) is 2.87. The maximum absolute atomic E-state index is 14.3. The molecule has 0 heterocycles. The summed E-state index contributed by atoms with van der Waals surface area (Å²) in [7, 11) is -3.12. The van der Waals surface area contributed by atoms with Crippen LogP contribution < -0.4 is 15.8 Å². The molecule has 2 aromatic rings. The van der Waals surface area contributed by atoms with Gasteiger partial charge in [0.25, 0.3) is 0 Å². The Morgan fingerprint density at radius 3 is 2.23 bits per heavy atom. The van der Waals surface area contributed by atoms with Gasteiger partial charge in [0, 0.05) is 12.8 Å². The predicted octanol–water partition coefficient (Wildman–Crippen LogP) is 4.69. The fraction of sp³-hybridized carbons (Fsp3) is 0.517. The van der Waals surface area contributed by atoms with Gasteiger partial charge < -0.3 is 20.3 Å². The summed E-state index contributed by atoms with van der Waals surface area (Å²) < 4.78 is 39.1. The van der Waals surface area contributed by atoms with Gasteiger partial charge in [-0.1, -0.05) is 43.7 Å². The van der Waals surface area contributed by atoms with Crippen molar-refractivity contribution in [3.8, 4) is 11.8 Å². The number of nitrogens with two attached hydrogens (primary N) is 1. The topological polar surface area (TPSA) is 152 Å². The third-order valence-electron chi connectivity index (χ3n) is 6.69. The van der Waals surface area contributed by atoms with Crippen LogP contribution in [0.4, 0.5) is 4.79 Å². The summed E-state index contributed by atoms with van der Waals surface area (Å²) in [6.45, 7) is 6.95. The third-order valence-corrected chi connectivity index (χ3v) is 9.04. The molecule has 0 bridgehead atoms. The average molecular weight is 560 g/mol. The number of aliphatic hydroxyl groups is 1. The van der Waals surface area contributed by atoms with Crippen LogP contribution in [0.2, 0.25) is 0 Å². The predicted molar refractivity (Wildman–Crippen MR) is 149 cm³/mol. The fourth-order valence-electron chi connectivity index (χ4n) is 4.45. The molecule has 2 aromatic carbocycles. The van der Waals surface area contributed by atoms with Crippen LogP contribution in [0.5, 0.6) is 5.75 Å². The fourth-order valence-corrected chi connectivity index (χ4v) is 6.33. The van der Waals surface area contributed by atoms with Crippen LogP contribution in [-0.2, 0) is 21.0 Å². The second kappa shape index (κ2) is 13.3. The molecule has 1 amide bonds. The molecule has 0 spiro atoms. The maximum atomic E-state index is 14.3. The van der Waals surface area contributed by atoms with E-state index in [-0.39, 0.29) is 30.1 Å². The quantitative estimate of drug-likeness (QED) is 0.299. The van der Waals surface area contributed by atoms with E-state index in [0.717, 1.165) is 0 Å². The summed E-state index contributed by atoms with van der Waals surface area (Å²) in [5.74, 6) is 0.403. The summed E-state index contributed by atoms with van der Waals surface area (Å²) in [5, 5.41) is 23.9. The molecule has 0 radical (unpaired) electrons. The number of nitrogens with one attached hydrogen (secondary N) is 1. The summed E-state index contributed by atoms with van der Waals surface area (Å²) in [6.07, 6.45) is 0.334. The Hall–Kier alpha value is -3.13. The zero-order valence-corrected chi connectivity index (χ0v) is 24.3. The lowest BCUT2D eigenvalue weighted by Crippen LogP contribution is -2.74. The van der Waals surface area contributed by atoms with Gasteiger partial charge >= 0.3 is 6.09 Å². The van der Waals surface area contributed by atoms with Crippen LogP contribution in [-0.4, -0.2) is 42.9 Å². The van der Waals surface area contributed by atoms with Gasteiger partial charge in [0.2, 0.25) is 14.8 Å². The number of benzene rings is 2. The molecule has 2 rings (SSSR count). The smallest absolute Gasteiger partial charge is 0.409 e. The summed E-state index contributed by atoms with van der Waals surface area (Å²) in [6, 6.07) is 16.5. The van der Waals surface area contributed by atoms with Crippen LogP contribution in [0.1, 0.15) is 65.4 Å². The molecule has 9 nitrogen and oxygen atoms in total. The van der Waals surface area contributed by atoms with Crippen molar-refractivity contribution >= 4 is 15.9 Å². The number of amides is 1. The van der Waals surface area contributed by atoms with Crippen LogP contribution in [0.3, 0.4) is 0 Å². The second-order valence-electron chi connectivity index (χ2n) is 10.7. The molecule has 0 fully saturated rings. The molecular weight excluding hydrogens is 518 g/mol. The molecule has 1 unspecified atom stereocenters. The number of rotatable bonds is 13. The van der Waals surface area contributed by atoms with Gasteiger partial charge in [-0.05, 0) is 75.8 Å². The van der Waals surface area contributed by atoms with Crippen molar-refractivity contribution in [3.05, 3.63) is 60.2 Å². The van der Waals surface area contributed by atoms with Gasteiger partial charge in [0.15, 0.2) is 0 Å². The summed E-state index contributed by atoms with van der Waals surface area (Å²) in [5.41, 5.74) is 4.34. The van der Waals surface area contributed by atoms with Crippen molar-refractivity contribution in [3.63, 3.8) is 0 Å². The van der Waals surface area contributed by atoms with Crippen molar-refractivity contribution in [2.75, 3.05) is 7.11 Å². The Labute approximate surface area is 232 Å². The molecule has 39 heavy (non-hydrogen) atoms. The Morgan fingerprint density at radius 2 is 1.72 bits per heavy atom. The number of carbonyl (C=O) groups excluding carboxylic acids is 1. The number of alkyl carbamates (subject to hydrolysis) is 1. The molecule has 0 saturated heterocycles. The first-order valence-corrected chi connectivity index (χ1v) is 14.5. The van der Waals surface area contributed by atoms with E-state index in [1.165, 1.54) is 31.4 Å². The number of nitrogens with zero attached hydrogens (tertiary/aromatic N) is 1. The second-order valence-corrected chi connectivity index (χ2v) is 12.9. The molecule has 214 valence electrons.